The van der Waals surface area contributed by atoms with Crippen molar-refractivity contribution >= 4 is 17.7 Å². The van der Waals surface area contributed by atoms with Crippen LogP contribution >= 0.6 is 0 Å². The van der Waals surface area contributed by atoms with E-state index < -0.39 is 11.4 Å². The van der Waals surface area contributed by atoms with E-state index in [-0.39, 0.29) is 18.5 Å². The van der Waals surface area contributed by atoms with Gasteiger partial charge in [0.05, 0.1) is 6.42 Å². The van der Waals surface area contributed by atoms with E-state index in [1.807, 2.05) is 56.9 Å². The van der Waals surface area contributed by atoms with Crippen LogP contribution in [0.4, 0.5) is 10.5 Å². The number of rotatable bonds is 5. The first-order valence-electron chi connectivity index (χ1n) is 7.63. The van der Waals surface area contributed by atoms with Gasteiger partial charge in [-0.3, -0.25) is 9.69 Å². The van der Waals surface area contributed by atoms with E-state index in [0.29, 0.717) is 6.54 Å². The van der Waals surface area contributed by atoms with Gasteiger partial charge >= 0.3 is 12.0 Å². The first kappa shape index (κ1) is 16.3. The first-order valence-corrected chi connectivity index (χ1v) is 7.63. The molecule has 1 saturated heterocycles. The lowest BCUT2D eigenvalue weighted by atomic mass is 9.81. The molecule has 0 aliphatic carbocycles. The molecule has 1 N–H and O–H groups in total. The third-order valence-electron chi connectivity index (χ3n) is 4.22. The highest BCUT2D eigenvalue weighted by atomic mass is 16.4. The normalized spacial score (nSPS) is 15.8. The molecule has 0 saturated carbocycles. The van der Waals surface area contributed by atoms with Crippen LogP contribution < -0.4 is 4.90 Å². The maximum atomic E-state index is 12.3. The third-order valence-corrected chi connectivity index (χ3v) is 4.22. The van der Waals surface area contributed by atoms with Crippen molar-refractivity contribution in [3.8, 4) is 0 Å². The number of carbonyl (C=O) groups excluding carboxylic acids is 1. The quantitative estimate of drug-likeness (QED) is 0.909. The van der Waals surface area contributed by atoms with Gasteiger partial charge in [-0.05, 0) is 31.5 Å². The van der Waals surface area contributed by atoms with Crippen molar-refractivity contribution in [2.24, 2.45) is 0 Å². The Labute approximate surface area is 131 Å². The molecular formula is C17H24N2O3. The number of hydrogen-bond acceptors (Lipinski definition) is 2. The van der Waals surface area contributed by atoms with Gasteiger partial charge in [0.25, 0.3) is 0 Å². The van der Waals surface area contributed by atoms with E-state index in [2.05, 4.69) is 0 Å². The summed E-state index contributed by atoms with van der Waals surface area (Å²) < 4.78 is 0. The zero-order valence-corrected chi connectivity index (χ0v) is 13.7. The summed E-state index contributed by atoms with van der Waals surface area (Å²) >= 11 is 0. The molecule has 2 rings (SSSR count). The van der Waals surface area contributed by atoms with Gasteiger partial charge in [0.15, 0.2) is 0 Å². The number of carboxylic acids is 1. The molecule has 1 aromatic rings. The highest BCUT2D eigenvalue weighted by Crippen LogP contribution is 2.30. The van der Waals surface area contributed by atoms with Gasteiger partial charge in [0.1, 0.15) is 0 Å². The van der Waals surface area contributed by atoms with E-state index in [1.165, 1.54) is 0 Å². The lowest BCUT2D eigenvalue weighted by Gasteiger charge is -2.25. The molecular weight excluding hydrogens is 280 g/mol. The van der Waals surface area contributed by atoms with Crippen LogP contribution in [0.3, 0.4) is 0 Å². The van der Waals surface area contributed by atoms with Crippen molar-refractivity contribution in [3.63, 3.8) is 0 Å². The number of carbonyl (C=O) groups is 2. The Bertz CT molecular complexity index is 564. The van der Waals surface area contributed by atoms with E-state index in [0.717, 1.165) is 17.8 Å². The minimum absolute atomic E-state index is 0.0348. The summed E-state index contributed by atoms with van der Waals surface area (Å²) in [5, 5.41) is 9.00. The molecule has 0 spiro atoms. The summed E-state index contributed by atoms with van der Waals surface area (Å²) in [6.07, 6.45) is 0.0795. The minimum atomic E-state index is -0.809. The van der Waals surface area contributed by atoms with Crippen LogP contribution in [0.2, 0.25) is 0 Å². The monoisotopic (exact) mass is 304 g/mol. The molecule has 1 aliphatic rings. The molecule has 1 aliphatic heterocycles. The SMILES string of the molecule is CC(C)N1CCN(c2ccc(C(C)(C)CC(=O)O)cc2)C1=O. The lowest BCUT2D eigenvalue weighted by Crippen LogP contribution is -2.36. The molecule has 1 aromatic carbocycles. The maximum absolute atomic E-state index is 12.3. The fourth-order valence-electron chi connectivity index (χ4n) is 2.85. The van der Waals surface area contributed by atoms with Crippen LogP contribution in [-0.4, -0.2) is 41.1 Å². The second kappa shape index (κ2) is 5.99. The first-order chi connectivity index (χ1) is 10.2. The smallest absolute Gasteiger partial charge is 0.324 e. The standard InChI is InChI=1S/C17H24N2O3/c1-12(2)18-9-10-19(16(18)22)14-7-5-13(6-8-14)17(3,4)11-15(20)21/h5-8,12H,9-11H2,1-4H3,(H,20,21). The van der Waals surface area contributed by atoms with Gasteiger partial charge in [-0.15, -0.1) is 0 Å². The average molecular weight is 304 g/mol. The largest absolute Gasteiger partial charge is 0.481 e. The Balaban J connectivity index is 2.16. The molecule has 120 valence electrons. The third kappa shape index (κ3) is 3.24. The highest BCUT2D eigenvalue weighted by Gasteiger charge is 2.31. The van der Waals surface area contributed by atoms with Crippen LogP contribution in [0.25, 0.3) is 0 Å². The zero-order chi connectivity index (χ0) is 16.5. The molecule has 0 radical (unpaired) electrons. The average Bonchev–Trinajstić information content (AvgIpc) is 2.79. The Morgan fingerprint density at radius 1 is 1.23 bits per heavy atom. The summed E-state index contributed by atoms with van der Waals surface area (Å²) in [6, 6.07) is 7.88. The Morgan fingerprint density at radius 3 is 2.27 bits per heavy atom. The van der Waals surface area contributed by atoms with E-state index in [9.17, 15) is 9.59 Å². The topological polar surface area (TPSA) is 60.9 Å². The van der Waals surface area contributed by atoms with Crippen LogP contribution in [0.1, 0.15) is 39.7 Å². The molecule has 5 heteroatoms. The molecule has 5 nitrogen and oxygen atoms in total. The summed E-state index contributed by atoms with van der Waals surface area (Å²) in [5.41, 5.74) is 1.40. The van der Waals surface area contributed by atoms with Gasteiger partial charge in [-0.2, -0.15) is 0 Å². The Morgan fingerprint density at radius 2 is 1.82 bits per heavy atom. The van der Waals surface area contributed by atoms with Crippen LogP contribution in [0.5, 0.6) is 0 Å². The predicted molar refractivity (Wildman–Crippen MR) is 86.3 cm³/mol. The second-order valence-corrected chi connectivity index (χ2v) is 6.72. The molecule has 0 atom stereocenters. The highest BCUT2D eigenvalue weighted by molar-refractivity contribution is 5.94. The number of nitrogens with zero attached hydrogens (tertiary/aromatic N) is 2. The van der Waals surface area contributed by atoms with Gasteiger partial charge in [0, 0.05) is 30.2 Å². The number of benzene rings is 1. The number of hydrogen-bond donors (Lipinski definition) is 1. The molecule has 0 unspecified atom stereocenters. The lowest BCUT2D eigenvalue weighted by molar-refractivity contribution is -0.138. The molecule has 0 bridgehead atoms. The molecule has 22 heavy (non-hydrogen) atoms. The van der Waals surface area contributed by atoms with E-state index in [1.54, 1.807) is 4.90 Å². The summed E-state index contributed by atoms with van der Waals surface area (Å²) in [6.45, 7) is 9.28. The number of aliphatic carboxylic acids is 1. The van der Waals surface area contributed by atoms with Crippen LogP contribution in [0.15, 0.2) is 24.3 Å². The Kier molecular flexibility index (Phi) is 4.44. The number of carboxylic acid groups (broad SMARTS) is 1. The molecule has 1 heterocycles. The minimum Gasteiger partial charge on any atom is -0.481 e. The summed E-state index contributed by atoms with van der Waals surface area (Å²) in [4.78, 5) is 26.9. The zero-order valence-electron chi connectivity index (χ0n) is 13.7. The number of amides is 2. The molecule has 1 fully saturated rings. The van der Waals surface area contributed by atoms with Gasteiger partial charge in [0.2, 0.25) is 0 Å². The van der Waals surface area contributed by atoms with Crippen molar-refractivity contribution < 1.29 is 14.7 Å². The summed E-state index contributed by atoms with van der Waals surface area (Å²) in [5.74, 6) is -0.809. The van der Waals surface area contributed by atoms with Crippen LogP contribution in [-0.2, 0) is 10.2 Å². The second-order valence-electron chi connectivity index (χ2n) is 6.72. The van der Waals surface area contributed by atoms with Crippen molar-refractivity contribution in [2.45, 2.75) is 45.6 Å². The van der Waals surface area contributed by atoms with Crippen molar-refractivity contribution in [2.75, 3.05) is 18.0 Å². The molecule has 2 amide bonds. The summed E-state index contributed by atoms with van der Waals surface area (Å²) in [7, 11) is 0. The van der Waals surface area contributed by atoms with E-state index >= 15 is 0 Å². The van der Waals surface area contributed by atoms with Crippen molar-refractivity contribution in [1.29, 1.82) is 0 Å². The number of anilines is 1. The fourth-order valence-corrected chi connectivity index (χ4v) is 2.85. The van der Waals surface area contributed by atoms with Gasteiger partial charge < -0.3 is 10.0 Å². The predicted octanol–water partition coefficient (Wildman–Crippen LogP) is 3.09. The molecule has 0 aromatic heterocycles. The fraction of sp³-hybridized carbons (Fsp3) is 0.529. The Hall–Kier alpha value is -2.04. The maximum Gasteiger partial charge on any atom is 0.324 e. The van der Waals surface area contributed by atoms with Gasteiger partial charge in [-0.1, -0.05) is 26.0 Å². The van der Waals surface area contributed by atoms with E-state index in [4.69, 9.17) is 5.11 Å². The van der Waals surface area contributed by atoms with Crippen molar-refractivity contribution in [3.05, 3.63) is 29.8 Å². The van der Waals surface area contributed by atoms with Gasteiger partial charge in [-0.25, -0.2) is 4.79 Å². The van der Waals surface area contributed by atoms with Crippen LogP contribution in [0, 0.1) is 0 Å². The number of urea groups is 1. The van der Waals surface area contributed by atoms with Crippen molar-refractivity contribution in [1.82, 2.24) is 4.90 Å².